The molecule has 0 spiro atoms. The highest BCUT2D eigenvalue weighted by Gasteiger charge is 2.25. The summed E-state index contributed by atoms with van der Waals surface area (Å²) >= 11 is 0. The Morgan fingerprint density at radius 3 is 2.41 bits per heavy atom. The molecule has 1 atom stereocenters. The first-order valence-electron chi connectivity index (χ1n) is 6.90. The summed E-state index contributed by atoms with van der Waals surface area (Å²) in [6.07, 6.45) is 5.30. The van der Waals surface area contributed by atoms with Gasteiger partial charge < -0.3 is 5.73 Å². The third kappa shape index (κ3) is 2.90. The quantitative estimate of drug-likeness (QED) is 0.813. The maximum Gasteiger partial charge on any atom is 0.0326 e. The summed E-state index contributed by atoms with van der Waals surface area (Å²) in [5.41, 5.74) is 10.5. The fourth-order valence-electron chi connectivity index (χ4n) is 3.02. The van der Waals surface area contributed by atoms with Crippen LogP contribution in [0.2, 0.25) is 0 Å². The van der Waals surface area contributed by atoms with E-state index in [-0.39, 0.29) is 6.04 Å². The van der Waals surface area contributed by atoms with Gasteiger partial charge in [0.25, 0.3) is 0 Å². The van der Waals surface area contributed by atoms with Crippen LogP contribution in [0.4, 0.5) is 0 Å². The van der Waals surface area contributed by atoms with Gasteiger partial charge in [0.05, 0.1) is 0 Å². The Balaban J connectivity index is 2.13. The second-order valence-electron chi connectivity index (χ2n) is 5.91. The normalized spacial score (nSPS) is 26.8. The van der Waals surface area contributed by atoms with Crippen LogP contribution < -0.4 is 5.73 Å². The highest BCUT2D eigenvalue weighted by atomic mass is 14.7. The molecule has 0 amide bonds. The zero-order valence-electron chi connectivity index (χ0n) is 11.4. The van der Waals surface area contributed by atoms with E-state index in [2.05, 4.69) is 39.0 Å². The molecule has 1 heteroatoms. The van der Waals surface area contributed by atoms with Gasteiger partial charge in [0.15, 0.2) is 0 Å². The highest BCUT2D eigenvalue weighted by Crippen LogP contribution is 2.36. The standard InChI is InChI=1S/C16H25N/c1-11-5-8-14(9-6-11)16(17)15-10-12(2)4-7-13(15)3/h4,7,10-11,14,16H,5-6,8-9,17H2,1-3H3. The maximum absolute atomic E-state index is 6.48. The molecule has 1 aromatic carbocycles. The minimum Gasteiger partial charge on any atom is -0.324 e. The Bertz CT molecular complexity index is 375. The van der Waals surface area contributed by atoms with Crippen molar-refractivity contribution in [2.75, 3.05) is 0 Å². The molecule has 0 aromatic heterocycles. The zero-order chi connectivity index (χ0) is 12.4. The third-order valence-electron chi connectivity index (χ3n) is 4.36. The fourth-order valence-corrected chi connectivity index (χ4v) is 3.02. The van der Waals surface area contributed by atoms with E-state index in [1.807, 2.05) is 0 Å². The predicted molar refractivity (Wildman–Crippen MR) is 74.0 cm³/mol. The van der Waals surface area contributed by atoms with E-state index >= 15 is 0 Å². The summed E-state index contributed by atoms with van der Waals surface area (Å²) in [5.74, 6) is 1.59. The van der Waals surface area contributed by atoms with Gasteiger partial charge in [0.2, 0.25) is 0 Å². The SMILES string of the molecule is Cc1ccc(C)c(C(N)C2CCC(C)CC2)c1. The van der Waals surface area contributed by atoms with Crippen molar-refractivity contribution in [1.29, 1.82) is 0 Å². The van der Waals surface area contributed by atoms with Crippen LogP contribution in [0.1, 0.15) is 55.3 Å². The van der Waals surface area contributed by atoms with Gasteiger partial charge in [-0.25, -0.2) is 0 Å². The third-order valence-corrected chi connectivity index (χ3v) is 4.36. The molecule has 2 N–H and O–H groups in total. The van der Waals surface area contributed by atoms with Crippen molar-refractivity contribution in [3.05, 3.63) is 34.9 Å². The van der Waals surface area contributed by atoms with Crippen molar-refractivity contribution < 1.29 is 0 Å². The van der Waals surface area contributed by atoms with E-state index < -0.39 is 0 Å². The topological polar surface area (TPSA) is 26.0 Å². The lowest BCUT2D eigenvalue weighted by molar-refractivity contribution is 0.255. The fraction of sp³-hybridized carbons (Fsp3) is 0.625. The average Bonchev–Trinajstić information content (AvgIpc) is 2.32. The van der Waals surface area contributed by atoms with E-state index in [0.29, 0.717) is 5.92 Å². The van der Waals surface area contributed by atoms with E-state index in [1.54, 1.807) is 0 Å². The molecule has 1 aromatic rings. The Labute approximate surface area is 105 Å². The zero-order valence-corrected chi connectivity index (χ0v) is 11.4. The van der Waals surface area contributed by atoms with Crippen LogP contribution in [0.25, 0.3) is 0 Å². The van der Waals surface area contributed by atoms with Crippen LogP contribution in [0.3, 0.4) is 0 Å². The van der Waals surface area contributed by atoms with E-state index in [0.717, 1.165) is 5.92 Å². The van der Waals surface area contributed by atoms with E-state index in [1.165, 1.54) is 42.4 Å². The molecule has 1 unspecified atom stereocenters. The molecule has 2 rings (SSSR count). The molecule has 0 bridgehead atoms. The van der Waals surface area contributed by atoms with Crippen LogP contribution in [0, 0.1) is 25.7 Å². The lowest BCUT2D eigenvalue weighted by atomic mass is 9.77. The Morgan fingerprint density at radius 2 is 1.76 bits per heavy atom. The number of benzene rings is 1. The molecule has 0 radical (unpaired) electrons. The maximum atomic E-state index is 6.48. The highest BCUT2D eigenvalue weighted by molar-refractivity contribution is 5.33. The second-order valence-corrected chi connectivity index (χ2v) is 5.91. The molecule has 0 heterocycles. The monoisotopic (exact) mass is 231 g/mol. The molecule has 1 saturated carbocycles. The van der Waals surface area contributed by atoms with Gasteiger partial charge in [-0.1, -0.05) is 43.5 Å². The molecule has 1 nitrogen and oxygen atoms in total. The van der Waals surface area contributed by atoms with E-state index in [9.17, 15) is 0 Å². The van der Waals surface area contributed by atoms with Crippen LogP contribution in [-0.2, 0) is 0 Å². The van der Waals surface area contributed by atoms with Crippen molar-refractivity contribution in [3.63, 3.8) is 0 Å². The van der Waals surface area contributed by atoms with Crippen LogP contribution >= 0.6 is 0 Å². The van der Waals surface area contributed by atoms with Gasteiger partial charge in [0, 0.05) is 6.04 Å². The number of hydrogen-bond donors (Lipinski definition) is 1. The minimum absolute atomic E-state index is 0.238. The van der Waals surface area contributed by atoms with Gasteiger partial charge in [-0.3, -0.25) is 0 Å². The largest absolute Gasteiger partial charge is 0.324 e. The molecular weight excluding hydrogens is 206 g/mol. The van der Waals surface area contributed by atoms with Gasteiger partial charge in [-0.2, -0.15) is 0 Å². The summed E-state index contributed by atoms with van der Waals surface area (Å²) in [5, 5.41) is 0. The minimum atomic E-state index is 0.238. The van der Waals surface area contributed by atoms with Crippen molar-refractivity contribution in [3.8, 4) is 0 Å². The first kappa shape index (κ1) is 12.6. The molecule has 1 aliphatic carbocycles. The number of hydrogen-bond acceptors (Lipinski definition) is 1. The average molecular weight is 231 g/mol. The summed E-state index contributed by atoms with van der Waals surface area (Å²) in [4.78, 5) is 0. The Kier molecular flexibility index (Phi) is 3.88. The molecule has 0 saturated heterocycles. The summed E-state index contributed by atoms with van der Waals surface area (Å²) in [6.45, 7) is 6.69. The van der Waals surface area contributed by atoms with Gasteiger partial charge in [-0.05, 0) is 49.7 Å². The molecule has 94 valence electrons. The van der Waals surface area contributed by atoms with Crippen LogP contribution in [0.5, 0.6) is 0 Å². The lowest BCUT2D eigenvalue weighted by Gasteiger charge is -2.31. The molecule has 17 heavy (non-hydrogen) atoms. The van der Waals surface area contributed by atoms with Crippen molar-refractivity contribution in [2.45, 2.75) is 52.5 Å². The molecule has 0 aliphatic heterocycles. The molecule has 1 fully saturated rings. The Morgan fingerprint density at radius 1 is 1.12 bits per heavy atom. The Hall–Kier alpha value is -0.820. The van der Waals surface area contributed by atoms with Crippen molar-refractivity contribution in [1.82, 2.24) is 0 Å². The van der Waals surface area contributed by atoms with Crippen molar-refractivity contribution >= 4 is 0 Å². The van der Waals surface area contributed by atoms with Crippen molar-refractivity contribution in [2.24, 2.45) is 17.6 Å². The molecule has 1 aliphatic rings. The summed E-state index contributed by atoms with van der Waals surface area (Å²) < 4.78 is 0. The second kappa shape index (κ2) is 5.22. The lowest BCUT2D eigenvalue weighted by Crippen LogP contribution is -2.26. The van der Waals surface area contributed by atoms with Gasteiger partial charge in [-0.15, -0.1) is 0 Å². The first-order chi connectivity index (χ1) is 8.08. The summed E-state index contributed by atoms with van der Waals surface area (Å²) in [7, 11) is 0. The first-order valence-corrected chi connectivity index (χ1v) is 6.90. The van der Waals surface area contributed by atoms with Gasteiger partial charge >= 0.3 is 0 Å². The molecular formula is C16H25N. The van der Waals surface area contributed by atoms with Crippen LogP contribution in [-0.4, -0.2) is 0 Å². The van der Waals surface area contributed by atoms with Crippen LogP contribution in [0.15, 0.2) is 18.2 Å². The number of rotatable bonds is 2. The summed E-state index contributed by atoms with van der Waals surface area (Å²) in [6, 6.07) is 6.89. The predicted octanol–water partition coefficient (Wildman–Crippen LogP) is 4.13. The number of nitrogens with two attached hydrogens (primary N) is 1. The van der Waals surface area contributed by atoms with E-state index in [4.69, 9.17) is 5.73 Å². The number of aryl methyl sites for hydroxylation is 2. The van der Waals surface area contributed by atoms with Gasteiger partial charge in [0.1, 0.15) is 0 Å². The smallest absolute Gasteiger partial charge is 0.0326 e.